The molecule has 0 unspecified atom stereocenters. The number of hydrogen-bond acceptors (Lipinski definition) is 6. The van der Waals surface area contributed by atoms with Crippen LogP contribution in [0.2, 0.25) is 0 Å². The number of nitrogens with zero attached hydrogens (tertiary/aromatic N) is 4. The Morgan fingerprint density at radius 3 is 2.71 bits per heavy atom. The lowest BCUT2D eigenvalue weighted by atomic mass is 10.1. The summed E-state index contributed by atoms with van der Waals surface area (Å²) in [5, 5.41) is 0.661. The molecule has 0 amide bonds. The number of hydrogen-bond donors (Lipinski definition) is 1. The largest absolute Gasteiger partial charge is 0.461 e. The minimum Gasteiger partial charge on any atom is -0.461 e. The number of furan rings is 1. The quantitative estimate of drug-likeness (QED) is 0.205. The van der Waals surface area contributed by atoms with Gasteiger partial charge in [0.15, 0.2) is 33.7 Å². The van der Waals surface area contributed by atoms with Crippen LogP contribution in [0.4, 0.5) is 5.82 Å². The van der Waals surface area contributed by atoms with E-state index in [-0.39, 0.29) is 0 Å². The Labute approximate surface area is 167 Å². The minimum absolute atomic E-state index is 0.381. The lowest BCUT2D eigenvalue weighted by Gasteiger charge is -2.06. The van der Waals surface area contributed by atoms with Crippen LogP contribution in [0.3, 0.4) is 0 Å². The Morgan fingerprint density at radius 1 is 1.11 bits per heavy atom. The van der Waals surface area contributed by atoms with Crippen LogP contribution in [0, 0.1) is 0 Å². The van der Waals surface area contributed by atoms with Crippen LogP contribution in [0.5, 0.6) is 0 Å². The molecule has 4 aromatic rings. The number of rotatable bonds is 8. The molecule has 1 aromatic carbocycles. The third kappa shape index (κ3) is 3.80. The molecule has 28 heavy (non-hydrogen) atoms. The van der Waals surface area contributed by atoms with Gasteiger partial charge in [0.1, 0.15) is 0 Å². The van der Waals surface area contributed by atoms with E-state index in [0.29, 0.717) is 40.3 Å². The fourth-order valence-electron chi connectivity index (χ4n) is 3.05. The molecule has 3 aromatic heterocycles. The van der Waals surface area contributed by atoms with Crippen molar-refractivity contribution < 1.29 is 4.42 Å². The first-order valence-electron chi connectivity index (χ1n) is 9.11. The van der Waals surface area contributed by atoms with E-state index in [2.05, 4.69) is 40.8 Å². The van der Waals surface area contributed by atoms with E-state index in [1.165, 1.54) is 5.56 Å². The molecule has 6 nitrogen and oxygen atoms in total. The van der Waals surface area contributed by atoms with E-state index in [1.54, 1.807) is 24.1 Å². The molecule has 142 valence electrons. The summed E-state index contributed by atoms with van der Waals surface area (Å²) >= 11 is 1.61. The van der Waals surface area contributed by atoms with Crippen molar-refractivity contribution in [3.63, 3.8) is 0 Å². The lowest BCUT2D eigenvalue weighted by Crippen LogP contribution is -2.02. The molecule has 0 aliphatic heterocycles. The fraction of sp³-hybridized carbons (Fsp3) is 0.190. The van der Waals surface area contributed by atoms with E-state index in [1.807, 2.05) is 22.8 Å². The van der Waals surface area contributed by atoms with E-state index in [4.69, 9.17) is 15.1 Å². The number of fused-ring (bicyclic) bond motifs is 1. The molecule has 4 rings (SSSR count). The summed E-state index contributed by atoms with van der Waals surface area (Å²) < 4.78 is 7.47. The third-order valence-electron chi connectivity index (χ3n) is 4.34. The highest BCUT2D eigenvalue weighted by Gasteiger charge is 2.18. The normalized spacial score (nSPS) is 11.1. The topological polar surface area (TPSA) is 82.8 Å². The van der Waals surface area contributed by atoms with Crippen molar-refractivity contribution in [1.29, 1.82) is 0 Å². The predicted molar refractivity (Wildman–Crippen MR) is 113 cm³/mol. The lowest BCUT2D eigenvalue weighted by molar-refractivity contribution is 0.573. The Morgan fingerprint density at radius 2 is 1.96 bits per heavy atom. The number of aryl methyl sites for hydroxylation is 1. The molecule has 0 aliphatic carbocycles. The average molecular weight is 392 g/mol. The van der Waals surface area contributed by atoms with Crippen LogP contribution in [-0.2, 0) is 13.0 Å². The number of thioether (sulfide) groups is 1. The number of imidazole rings is 1. The molecule has 3 heterocycles. The van der Waals surface area contributed by atoms with Crippen LogP contribution in [0.25, 0.3) is 22.7 Å². The van der Waals surface area contributed by atoms with E-state index in [0.717, 1.165) is 18.6 Å². The zero-order valence-corrected chi connectivity index (χ0v) is 16.2. The van der Waals surface area contributed by atoms with Crippen LogP contribution < -0.4 is 5.73 Å². The van der Waals surface area contributed by atoms with Gasteiger partial charge < -0.3 is 14.7 Å². The van der Waals surface area contributed by atoms with Crippen LogP contribution in [0.15, 0.2) is 71.0 Å². The van der Waals surface area contributed by atoms with Gasteiger partial charge in [0.25, 0.3) is 0 Å². The summed E-state index contributed by atoms with van der Waals surface area (Å²) in [7, 11) is 0. The summed E-state index contributed by atoms with van der Waals surface area (Å²) in [5.74, 6) is 2.63. The maximum absolute atomic E-state index is 6.19. The van der Waals surface area contributed by atoms with Gasteiger partial charge in [-0.2, -0.15) is 0 Å². The summed E-state index contributed by atoms with van der Waals surface area (Å²) in [5.41, 5.74) is 8.81. The number of aromatic nitrogens is 4. The zero-order chi connectivity index (χ0) is 19.3. The predicted octanol–water partition coefficient (Wildman–Crippen LogP) is 4.58. The number of anilines is 1. The first-order chi connectivity index (χ1) is 13.8. The van der Waals surface area contributed by atoms with Gasteiger partial charge in [0.2, 0.25) is 0 Å². The number of allylic oxidation sites excluding steroid dienone is 1. The van der Waals surface area contributed by atoms with Gasteiger partial charge in [-0.1, -0.05) is 48.2 Å². The van der Waals surface area contributed by atoms with Crippen molar-refractivity contribution in [3.8, 4) is 11.6 Å². The highest BCUT2D eigenvalue weighted by atomic mass is 32.2. The van der Waals surface area contributed by atoms with E-state index in [9.17, 15) is 0 Å². The number of nitrogens with two attached hydrogens (primary N) is 1. The monoisotopic (exact) mass is 391 g/mol. The summed E-state index contributed by atoms with van der Waals surface area (Å²) in [6, 6.07) is 14.2. The van der Waals surface area contributed by atoms with Crippen LogP contribution >= 0.6 is 11.8 Å². The second-order valence-electron chi connectivity index (χ2n) is 6.31. The molecular weight excluding hydrogens is 370 g/mol. The van der Waals surface area contributed by atoms with Crippen molar-refractivity contribution >= 4 is 28.7 Å². The molecule has 0 bridgehead atoms. The summed E-state index contributed by atoms with van der Waals surface area (Å²) in [6.45, 7) is 4.40. The SMILES string of the molecule is C=CCn1c(-c2ccco2)nc2c(N)nc(SCCCc3ccccc3)nc21. The molecule has 0 fully saturated rings. The molecular formula is C21H21N5OS. The van der Waals surface area contributed by atoms with Crippen LogP contribution in [0.1, 0.15) is 12.0 Å². The second-order valence-corrected chi connectivity index (χ2v) is 7.38. The molecule has 0 spiro atoms. The highest BCUT2D eigenvalue weighted by molar-refractivity contribution is 7.99. The van der Waals surface area contributed by atoms with Crippen molar-refractivity contribution in [1.82, 2.24) is 19.5 Å². The van der Waals surface area contributed by atoms with Crippen molar-refractivity contribution in [2.24, 2.45) is 0 Å². The van der Waals surface area contributed by atoms with Gasteiger partial charge in [-0.3, -0.25) is 0 Å². The number of benzene rings is 1. The van der Waals surface area contributed by atoms with Gasteiger partial charge in [-0.25, -0.2) is 15.0 Å². The maximum atomic E-state index is 6.19. The molecule has 7 heteroatoms. The van der Waals surface area contributed by atoms with Gasteiger partial charge in [0.05, 0.1) is 6.26 Å². The minimum atomic E-state index is 0.381. The van der Waals surface area contributed by atoms with Gasteiger partial charge >= 0.3 is 0 Å². The third-order valence-corrected chi connectivity index (χ3v) is 5.27. The fourth-order valence-corrected chi connectivity index (χ4v) is 3.83. The highest BCUT2D eigenvalue weighted by Crippen LogP contribution is 2.28. The van der Waals surface area contributed by atoms with E-state index < -0.39 is 0 Å². The zero-order valence-electron chi connectivity index (χ0n) is 15.4. The Hall–Kier alpha value is -3.06. The van der Waals surface area contributed by atoms with Crippen LogP contribution in [-0.4, -0.2) is 25.3 Å². The standard InChI is InChI=1S/C21H21N5OS/c1-2-12-26-19(16-11-6-13-27-16)23-17-18(22)24-21(25-20(17)26)28-14-7-10-15-8-4-3-5-9-15/h2-6,8-9,11,13H,1,7,10,12,14H2,(H2,22,24,25). The molecule has 0 aliphatic rings. The van der Waals surface area contributed by atoms with Gasteiger partial charge in [0, 0.05) is 12.3 Å². The second kappa shape index (κ2) is 8.31. The smallest absolute Gasteiger partial charge is 0.191 e. The first kappa shape index (κ1) is 18.3. The molecule has 2 N–H and O–H groups in total. The summed E-state index contributed by atoms with van der Waals surface area (Å²) in [6.07, 6.45) is 5.50. The molecule has 0 saturated carbocycles. The Kier molecular flexibility index (Phi) is 5.43. The average Bonchev–Trinajstić information content (AvgIpc) is 3.35. The molecule has 0 saturated heterocycles. The van der Waals surface area contributed by atoms with Crippen molar-refractivity contribution in [3.05, 3.63) is 66.9 Å². The van der Waals surface area contributed by atoms with Crippen molar-refractivity contribution in [2.45, 2.75) is 24.5 Å². The maximum Gasteiger partial charge on any atom is 0.191 e. The number of nitrogen functional groups attached to an aromatic ring is 1. The first-order valence-corrected chi connectivity index (χ1v) is 10.1. The molecule has 0 radical (unpaired) electrons. The van der Waals surface area contributed by atoms with Crippen molar-refractivity contribution in [2.75, 3.05) is 11.5 Å². The van der Waals surface area contributed by atoms with Gasteiger partial charge in [-0.15, -0.1) is 6.58 Å². The summed E-state index contributed by atoms with van der Waals surface area (Å²) in [4.78, 5) is 13.8. The Bertz CT molecular complexity index is 1070. The van der Waals surface area contributed by atoms with Gasteiger partial charge in [-0.05, 0) is 30.5 Å². The Balaban J connectivity index is 1.56. The molecule has 0 atom stereocenters. The van der Waals surface area contributed by atoms with E-state index >= 15 is 0 Å².